The molecule has 0 bridgehead atoms. The van der Waals surface area contributed by atoms with Gasteiger partial charge < -0.3 is 9.47 Å². The van der Waals surface area contributed by atoms with Crippen LogP contribution in [0.25, 0.3) is 0 Å². The average Bonchev–Trinajstić information content (AvgIpc) is 3.09. The zero-order valence-corrected chi connectivity index (χ0v) is 13.9. The van der Waals surface area contributed by atoms with Crippen molar-refractivity contribution in [2.24, 2.45) is 5.92 Å². The molecule has 3 aromatic rings. The second-order valence-corrected chi connectivity index (χ2v) is 6.18. The Bertz CT molecular complexity index is 822. The van der Waals surface area contributed by atoms with Gasteiger partial charge in [-0.15, -0.1) is 0 Å². The lowest BCUT2D eigenvalue weighted by molar-refractivity contribution is 0.373. The van der Waals surface area contributed by atoms with Gasteiger partial charge in [0.05, 0.1) is 6.54 Å². The van der Waals surface area contributed by atoms with E-state index >= 15 is 0 Å². The number of anilines is 1. The van der Waals surface area contributed by atoms with Crippen LogP contribution in [0.3, 0.4) is 0 Å². The molecular formula is C16H20N8. The molecule has 0 aromatic carbocycles. The van der Waals surface area contributed by atoms with Crippen LogP contribution in [0.2, 0.25) is 0 Å². The Morgan fingerprint density at radius 2 is 1.92 bits per heavy atom. The normalized spacial score (nSPS) is 17.6. The minimum atomic E-state index is 0.365. The molecule has 0 fully saturated rings. The highest BCUT2D eigenvalue weighted by Crippen LogP contribution is 2.20. The summed E-state index contributed by atoms with van der Waals surface area (Å²) in [7, 11) is 0. The molecule has 0 radical (unpaired) electrons. The molecule has 4 heterocycles. The molecule has 0 saturated carbocycles. The minimum absolute atomic E-state index is 0.365. The summed E-state index contributed by atoms with van der Waals surface area (Å²) in [6, 6.07) is 1.83. The van der Waals surface area contributed by atoms with E-state index in [9.17, 15) is 0 Å². The van der Waals surface area contributed by atoms with E-state index in [0.717, 1.165) is 43.1 Å². The molecule has 124 valence electrons. The highest BCUT2D eigenvalue weighted by atomic mass is 15.4. The highest BCUT2D eigenvalue weighted by molar-refractivity contribution is 5.29. The van der Waals surface area contributed by atoms with Crippen molar-refractivity contribution in [1.82, 2.24) is 34.3 Å². The number of hydrogen-bond donors (Lipinski definition) is 0. The third-order valence-electron chi connectivity index (χ3n) is 4.30. The van der Waals surface area contributed by atoms with Crippen molar-refractivity contribution in [1.29, 1.82) is 0 Å². The lowest BCUT2D eigenvalue weighted by Gasteiger charge is -2.23. The fraction of sp³-hybridized carbons (Fsp3) is 0.438. The number of nitrogens with zero attached hydrogens (tertiary/aromatic N) is 8. The summed E-state index contributed by atoms with van der Waals surface area (Å²) in [5, 5.41) is 4.51. The van der Waals surface area contributed by atoms with Crippen molar-refractivity contribution < 1.29 is 0 Å². The Kier molecular flexibility index (Phi) is 3.72. The van der Waals surface area contributed by atoms with Gasteiger partial charge in [0.15, 0.2) is 0 Å². The lowest BCUT2D eigenvalue weighted by Crippen LogP contribution is -2.31. The summed E-state index contributed by atoms with van der Waals surface area (Å²) in [4.78, 5) is 19.9. The molecule has 0 saturated heterocycles. The molecule has 4 rings (SSSR count). The topological polar surface area (TPSA) is 77.5 Å². The second kappa shape index (κ2) is 6.03. The van der Waals surface area contributed by atoms with E-state index in [1.165, 1.54) is 0 Å². The fourth-order valence-electron chi connectivity index (χ4n) is 3.24. The molecule has 0 spiro atoms. The third-order valence-corrected chi connectivity index (χ3v) is 4.30. The van der Waals surface area contributed by atoms with Crippen LogP contribution in [-0.4, -0.2) is 40.8 Å². The summed E-state index contributed by atoms with van der Waals surface area (Å²) < 4.78 is 4.21. The Labute approximate surface area is 140 Å². The lowest BCUT2D eigenvalue weighted by atomic mass is 10.1. The van der Waals surface area contributed by atoms with Gasteiger partial charge in [0, 0.05) is 50.3 Å². The van der Waals surface area contributed by atoms with Gasteiger partial charge in [-0.05, 0) is 19.9 Å². The smallest absolute Gasteiger partial charge is 0.225 e. The van der Waals surface area contributed by atoms with E-state index in [0.29, 0.717) is 12.5 Å². The summed E-state index contributed by atoms with van der Waals surface area (Å²) in [6.07, 6.45) is 7.45. The SMILES string of the molecule is Cc1nc(C)n(CC2CN(c3ncccn3)Cc3nccn3C2)n1. The first-order valence-electron chi connectivity index (χ1n) is 8.09. The summed E-state index contributed by atoms with van der Waals surface area (Å²) in [5.41, 5.74) is 0. The average molecular weight is 324 g/mol. The minimum Gasteiger partial charge on any atom is -0.333 e. The molecule has 1 atom stereocenters. The number of hydrogen-bond acceptors (Lipinski definition) is 6. The van der Waals surface area contributed by atoms with Gasteiger partial charge in [-0.3, -0.25) is 0 Å². The maximum absolute atomic E-state index is 4.51. The number of imidazole rings is 1. The van der Waals surface area contributed by atoms with Gasteiger partial charge in [0.1, 0.15) is 17.5 Å². The second-order valence-electron chi connectivity index (χ2n) is 6.18. The zero-order valence-electron chi connectivity index (χ0n) is 13.9. The van der Waals surface area contributed by atoms with Crippen LogP contribution in [0.1, 0.15) is 17.5 Å². The van der Waals surface area contributed by atoms with E-state index in [-0.39, 0.29) is 0 Å². The predicted molar refractivity (Wildman–Crippen MR) is 88.3 cm³/mol. The van der Waals surface area contributed by atoms with Crippen molar-refractivity contribution >= 4 is 5.95 Å². The van der Waals surface area contributed by atoms with E-state index in [1.807, 2.05) is 37.0 Å². The summed E-state index contributed by atoms with van der Waals surface area (Å²) in [5.74, 6) is 3.91. The van der Waals surface area contributed by atoms with Crippen LogP contribution in [-0.2, 0) is 19.6 Å². The monoisotopic (exact) mass is 324 g/mol. The number of aryl methyl sites for hydroxylation is 2. The van der Waals surface area contributed by atoms with E-state index in [1.54, 1.807) is 12.4 Å². The first-order valence-corrected chi connectivity index (χ1v) is 8.09. The molecule has 0 amide bonds. The molecule has 8 heteroatoms. The summed E-state index contributed by atoms with van der Waals surface area (Å²) in [6.45, 7) is 7.20. The molecule has 24 heavy (non-hydrogen) atoms. The fourth-order valence-corrected chi connectivity index (χ4v) is 3.24. The standard InChI is InChI=1S/C16H20N8/c1-12-20-13(2)24(21-12)10-14-8-22-7-6-17-15(22)11-23(9-14)16-18-4-3-5-19-16/h3-7,14H,8-11H2,1-2H3. The van der Waals surface area contributed by atoms with Crippen LogP contribution in [0.5, 0.6) is 0 Å². The number of fused-ring (bicyclic) bond motifs is 1. The van der Waals surface area contributed by atoms with Crippen molar-refractivity contribution in [3.63, 3.8) is 0 Å². The molecule has 8 nitrogen and oxygen atoms in total. The zero-order chi connectivity index (χ0) is 16.5. The van der Waals surface area contributed by atoms with Gasteiger partial charge in [-0.2, -0.15) is 5.10 Å². The predicted octanol–water partition coefficient (Wildman–Crippen LogP) is 1.22. The third kappa shape index (κ3) is 2.86. The first-order chi connectivity index (χ1) is 11.7. The van der Waals surface area contributed by atoms with Gasteiger partial charge in [-0.1, -0.05) is 0 Å². The van der Waals surface area contributed by atoms with E-state index in [2.05, 4.69) is 34.5 Å². The van der Waals surface area contributed by atoms with Crippen LogP contribution in [0, 0.1) is 19.8 Å². The van der Waals surface area contributed by atoms with Crippen molar-refractivity contribution in [2.45, 2.75) is 33.5 Å². The Balaban J connectivity index is 1.63. The Hall–Kier alpha value is -2.77. The van der Waals surface area contributed by atoms with Crippen molar-refractivity contribution in [2.75, 3.05) is 11.4 Å². The maximum Gasteiger partial charge on any atom is 0.225 e. The quantitative estimate of drug-likeness (QED) is 0.721. The van der Waals surface area contributed by atoms with Crippen molar-refractivity contribution in [3.8, 4) is 0 Å². The maximum atomic E-state index is 4.51. The van der Waals surface area contributed by atoms with E-state index in [4.69, 9.17) is 0 Å². The van der Waals surface area contributed by atoms with Gasteiger partial charge in [0.25, 0.3) is 0 Å². The van der Waals surface area contributed by atoms with Crippen molar-refractivity contribution in [3.05, 3.63) is 48.3 Å². The first kappa shape index (κ1) is 14.8. The largest absolute Gasteiger partial charge is 0.333 e. The van der Waals surface area contributed by atoms with Gasteiger partial charge >= 0.3 is 0 Å². The molecule has 3 aromatic heterocycles. The number of rotatable bonds is 3. The number of aromatic nitrogens is 7. The van der Waals surface area contributed by atoms with Crippen LogP contribution in [0.4, 0.5) is 5.95 Å². The Morgan fingerprint density at radius 1 is 1.08 bits per heavy atom. The Morgan fingerprint density at radius 3 is 2.67 bits per heavy atom. The molecule has 0 N–H and O–H groups in total. The summed E-state index contributed by atoms with van der Waals surface area (Å²) >= 11 is 0. The van der Waals surface area contributed by atoms with Crippen LogP contribution < -0.4 is 4.90 Å². The van der Waals surface area contributed by atoms with E-state index < -0.39 is 0 Å². The molecule has 1 unspecified atom stereocenters. The van der Waals surface area contributed by atoms with Crippen LogP contribution in [0.15, 0.2) is 30.9 Å². The molecule has 1 aliphatic heterocycles. The van der Waals surface area contributed by atoms with Gasteiger partial charge in [0.2, 0.25) is 5.95 Å². The van der Waals surface area contributed by atoms with Gasteiger partial charge in [-0.25, -0.2) is 24.6 Å². The highest BCUT2D eigenvalue weighted by Gasteiger charge is 2.25. The van der Waals surface area contributed by atoms with Crippen LogP contribution >= 0.6 is 0 Å². The molecular weight excluding hydrogens is 304 g/mol. The molecule has 0 aliphatic carbocycles. The molecule has 1 aliphatic rings.